The van der Waals surface area contributed by atoms with Crippen LogP contribution < -0.4 is 15.2 Å². The number of aliphatic imine (C=N–C) groups is 1. The number of pyridine rings is 1. The van der Waals surface area contributed by atoms with Gasteiger partial charge < -0.3 is 15.2 Å². The highest BCUT2D eigenvalue weighted by atomic mass is 32.2. The van der Waals surface area contributed by atoms with Crippen molar-refractivity contribution in [3.63, 3.8) is 0 Å². The molecule has 3 aromatic rings. The number of carbonyl (C=O) groups excluding carboxylic acids is 1. The first kappa shape index (κ1) is 29.4. The quantitative estimate of drug-likeness (QED) is 0.306. The second-order valence-corrected chi connectivity index (χ2v) is 14.0. The lowest BCUT2D eigenvalue weighted by Gasteiger charge is -2.47. The predicted octanol–water partition coefficient (Wildman–Crippen LogP) is 3.94. The van der Waals surface area contributed by atoms with E-state index in [0.29, 0.717) is 60.9 Å². The first-order valence-corrected chi connectivity index (χ1v) is 16.6. The van der Waals surface area contributed by atoms with Gasteiger partial charge in [0.15, 0.2) is 17.3 Å². The molecular weight excluding hydrogens is 597 g/mol. The van der Waals surface area contributed by atoms with E-state index < -0.39 is 15.1 Å². The zero-order valence-corrected chi connectivity index (χ0v) is 25.7. The molecule has 0 spiro atoms. The van der Waals surface area contributed by atoms with E-state index in [2.05, 4.69) is 20.9 Å². The molecule has 1 aromatic carbocycles. The fourth-order valence-electron chi connectivity index (χ4n) is 6.69. The molecule has 1 aliphatic heterocycles. The number of Topliss-reactive ketones (excluding diaryl/α,β-unsaturated/α-hetero) is 1. The average molecular weight is 632 g/mol. The van der Waals surface area contributed by atoms with Crippen LogP contribution in [0.4, 0.5) is 10.1 Å². The Balaban J connectivity index is 1.33. The number of fused-ring (bicyclic) bond motifs is 2. The van der Waals surface area contributed by atoms with Gasteiger partial charge in [0.05, 0.1) is 32.7 Å². The van der Waals surface area contributed by atoms with Crippen molar-refractivity contribution >= 4 is 32.8 Å². The van der Waals surface area contributed by atoms with Crippen LogP contribution in [0.15, 0.2) is 76.4 Å². The van der Waals surface area contributed by atoms with E-state index in [1.807, 2.05) is 10.4 Å². The maximum atomic E-state index is 14.8. The predicted molar refractivity (Wildman–Crippen MR) is 167 cm³/mol. The van der Waals surface area contributed by atoms with Crippen molar-refractivity contribution < 1.29 is 22.9 Å². The molecule has 0 radical (unpaired) electrons. The van der Waals surface area contributed by atoms with Gasteiger partial charge in [0.1, 0.15) is 31.1 Å². The van der Waals surface area contributed by atoms with Crippen molar-refractivity contribution in [2.75, 3.05) is 13.2 Å². The van der Waals surface area contributed by atoms with E-state index in [1.165, 1.54) is 35.5 Å². The van der Waals surface area contributed by atoms with Crippen LogP contribution in [0.2, 0.25) is 0 Å². The highest BCUT2D eigenvalue weighted by Gasteiger charge is 2.53. The normalized spacial score (nSPS) is 25.9. The summed E-state index contributed by atoms with van der Waals surface area (Å²) >= 11 is 0. The zero-order chi connectivity index (χ0) is 31.3. The number of allylic oxidation sites excluding steroid dienone is 3. The Morgan fingerprint density at radius 3 is 2.62 bits per heavy atom. The number of benzene rings is 1. The summed E-state index contributed by atoms with van der Waals surface area (Å²) in [5.74, 6) is 4.59. The third-order valence-corrected chi connectivity index (χ3v) is 11.0. The zero-order valence-electron chi connectivity index (χ0n) is 24.9. The molecule has 3 heterocycles. The van der Waals surface area contributed by atoms with Gasteiger partial charge in [-0.15, -0.1) is 5.10 Å². The Labute approximate surface area is 260 Å². The molecule has 2 aromatic heterocycles. The van der Waals surface area contributed by atoms with E-state index >= 15 is 0 Å². The first-order chi connectivity index (χ1) is 21.7. The summed E-state index contributed by atoms with van der Waals surface area (Å²) in [6.07, 6.45) is 10.0. The number of hydrogen-bond acceptors (Lipinski definition) is 9. The third-order valence-electron chi connectivity index (χ3n) is 8.92. The smallest absolute Gasteiger partial charge is 0.244 e. The van der Waals surface area contributed by atoms with E-state index in [9.17, 15) is 13.4 Å². The third kappa shape index (κ3) is 5.33. The van der Waals surface area contributed by atoms with Crippen molar-refractivity contribution in [1.29, 1.82) is 0 Å². The Kier molecular flexibility index (Phi) is 7.32. The van der Waals surface area contributed by atoms with E-state index in [0.717, 1.165) is 18.4 Å². The van der Waals surface area contributed by atoms with E-state index in [-0.39, 0.29) is 41.0 Å². The van der Waals surface area contributed by atoms with E-state index in [1.54, 1.807) is 25.2 Å². The molecule has 3 atom stereocenters. The van der Waals surface area contributed by atoms with Crippen LogP contribution >= 0.6 is 0 Å². The molecule has 2 N–H and O–H groups in total. The van der Waals surface area contributed by atoms with Gasteiger partial charge in [0, 0.05) is 25.2 Å². The summed E-state index contributed by atoms with van der Waals surface area (Å²) in [6, 6.07) is 7.35. The Hall–Kier alpha value is -4.36. The average Bonchev–Trinajstić information content (AvgIpc) is 3.77. The van der Waals surface area contributed by atoms with Crippen molar-refractivity contribution in [3.8, 4) is 11.5 Å². The van der Waals surface area contributed by atoms with Gasteiger partial charge in [-0.2, -0.15) is 0 Å². The molecule has 3 aliphatic carbocycles. The van der Waals surface area contributed by atoms with Crippen molar-refractivity contribution in [2.24, 2.45) is 23.2 Å². The fourth-order valence-corrected chi connectivity index (χ4v) is 8.70. The first-order valence-electron chi connectivity index (χ1n) is 15.0. The summed E-state index contributed by atoms with van der Waals surface area (Å²) < 4.78 is 42.9. The number of ketones is 1. The van der Waals surface area contributed by atoms with Crippen LogP contribution in [-0.2, 0) is 16.8 Å². The van der Waals surface area contributed by atoms with Gasteiger partial charge in [-0.3, -0.25) is 9.48 Å². The van der Waals surface area contributed by atoms with Crippen LogP contribution in [0.3, 0.4) is 0 Å². The number of ether oxygens (including phenoxy) is 2. The standard InChI is InChI=1S/C32H34FN7O4S/c1-39-19-36-31(38-39)45(2,42)40(24-9-10-24)25-8-3-21-13-26(37-23-6-4-22(33)5-7-23)20(17-34)15-32(21,16-25)30(41)27-14-28-29(18-35-27)44-12-11-43-28/h4-7,13-14,17-19,24-25H,2-3,8-12,15-16,34H2,1H3/t25-,32-,45?/m0/s1. The van der Waals surface area contributed by atoms with Crippen molar-refractivity contribution in [1.82, 2.24) is 24.1 Å². The maximum absolute atomic E-state index is 14.8. The lowest BCUT2D eigenvalue weighted by Crippen LogP contribution is -2.51. The molecule has 1 unspecified atom stereocenters. The molecule has 7 rings (SSSR count). The highest BCUT2D eigenvalue weighted by Crippen LogP contribution is 2.53. The fraction of sp³-hybridized carbons (Fsp3) is 0.375. The number of carbonyl (C=O) groups is 1. The SMILES string of the molecule is C=S(=O)(c1ncn(C)n1)N(C1CC1)[C@H]1CCC2=CC(=Nc3ccc(F)cc3)C(=CN)C[C@]2(C(=O)c2cc3c(cn2)OCCO3)C1. The van der Waals surface area contributed by atoms with Crippen LogP contribution in [0.1, 0.15) is 49.0 Å². The monoisotopic (exact) mass is 631 g/mol. The molecule has 2 fully saturated rings. The molecular formula is C32H34FN7O4S. The second-order valence-electron chi connectivity index (χ2n) is 12.0. The molecule has 13 heteroatoms. The second kappa shape index (κ2) is 11.2. The Morgan fingerprint density at radius 1 is 1.18 bits per heavy atom. The minimum Gasteiger partial charge on any atom is -0.486 e. The number of aryl methyl sites for hydroxylation is 1. The summed E-state index contributed by atoms with van der Waals surface area (Å²) in [4.78, 5) is 28.4. The summed E-state index contributed by atoms with van der Waals surface area (Å²) in [7, 11) is -1.31. The molecule has 0 saturated heterocycles. The van der Waals surface area contributed by atoms with Crippen LogP contribution in [0.25, 0.3) is 0 Å². The summed E-state index contributed by atoms with van der Waals surface area (Å²) in [5.41, 5.74) is 8.17. The Bertz CT molecular complexity index is 1860. The minimum absolute atomic E-state index is 0.0533. The number of nitrogens with two attached hydrogens (primary N) is 1. The van der Waals surface area contributed by atoms with Gasteiger partial charge in [-0.1, -0.05) is 5.57 Å². The van der Waals surface area contributed by atoms with Gasteiger partial charge >= 0.3 is 0 Å². The van der Waals surface area contributed by atoms with Crippen molar-refractivity contribution in [3.05, 3.63) is 77.8 Å². The molecule has 234 valence electrons. The van der Waals surface area contributed by atoms with Gasteiger partial charge in [-0.05, 0) is 86.5 Å². The number of halogens is 1. The van der Waals surface area contributed by atoms with Gasteiger partial charge in [0.2, 0.25) is 5.16 Å². The molecule has 11 nitrogen and oxygen atoms in total. The number of hydrogen-bond donors (Lipinski definition) is 1. The van der Waals surface area contributed by atoms with E-state index in [4.69, 9.17) is 20.2 Å². The Morgan fingerprint density at radius 2 is 1.93 bits per heavy atom. The molecule has 4 aliphatic rings. The number of rotatable bonds is 7. The number of aromatic nitrogens is 4. The van der Waals surface area contributed by atoms with Crippen LogP contribution in [0, 0.1) is 11.2 Å². The van der Waals surface area contributed by atoms with Gasteiger partial charge in [0.25, 0.3) is 0 Å². The number of nitrogens with zero attached hydrogens (tertiary/aromatic N) is 6. The lowest BCUT2D eigenvalue weighted by atomic mass is 9.59. The van der Waals surface area contributed by atoms with Crippen LogP contribution in [-0.4, -0.2) is 70.9 Å². The highest BCUT2D eigenvalue weighted by molar-refractivity contribution is 7.98. The lowest BCUT2D eigenvalue weighted by molar-refractivity contribution is 0.0735. The molecule has 0 bridgehead atoms. The molecule has 0 amide bonds. The largest absolute Gasteiger partial charge is 0.486 e. The van der Waals surface area contributed by atoms with Crippen molar-refractivity contribution in [2.45, 2.75) is 55.8 Å². The van der Waals surface area contributed by atoms with Crippen LogP contribution in [0.5, 0.6) is 11.5 Å². The molecule has 45 heavy (non-hydrogen) atoms. The topological polar surface area (TPSA) is 138 Å². The maximum Gasteiger partial charge on any atom is 0.244 e. The van der Waals surface area contributed by atoms with Gasteiger partial charge in [-0.25, -0.2) is 27.9 Å². The minimum atomic E-state index is -3.04. The summed E-state index contributed by atoms with van der Waals surface area (Å²) in [5, 5.41) is 4.55. The summed E-state index contributed by atoms with van der Waals surface area (Å²) in [6.45, 7) is 0.788. The molecule has 2 saturated carbocycles.